The SMILES string of the molecule is COc1ccc(Br)c(C(=O)NCCCOC(C)c2ccccc2)c1. The molecular formula is C19H22BrNO3. The maximum atomic E-state index is 12.2. The van der Waals surface area contributed by atoms with Gasteiger partial charge in [0.05, 0.1) is 18.8 Å². The average molecular weight is 392 g/mol. The minimum atomic E-state index is -0.128. The zero-order chi connectivity index (χ0) is 17.4. The molecule has 0 aliphatic carbocycles. The number of methoxy groups -OCH3 is 1. The minimum absolute atomic E-state index is 0.0504. The van der Waals surface area contributed by atoms with Crippen molar-refractivity contribution in [2.24, 2.45) is 0 Å². The number of nitrogens with one attached hydrogen (secondary N) is 1. The molecule has 0 radical (unpaired) electrons. The van der Waals surface area contributed by atoms with Crippen LogP contribution in [0.15, 0.2) is 53.0 Å². The van der Waals surface area contributed by atoms with E-state index >= 15 is 0 Å². The van der Waals surface area contributed by atoms with Gasteiger partial charge in [0.2, 0.25) is 0 Å². The van der Waals surface area contributed by atoms with Gasteiger partial charge in [0, 0.05) is 17.6 Å². The molecule has 0 saturated carbocycles. The molecular weight excluding hydrogens is 370 g/mol. The van der Waals surface area contributed by atoms with Crippen LogP contribution in [0.25, 0.3) is 0 Å². The highest BCUT2D eigenvalue weighted by Gasteiger charge is 2.11. The Labute approximate surface area is 151 Å². The molecule has 1 atom stereocenters. The molecule has 0 heterocycles. The van der Waals surface area contributed by atoms with Crippen LogP contribution in [0, 0.1) is 0 Å². The largest absolute Gasteiger partial charge is 0.497 e. The first kappa shape index (κ1) is 18.5. The predicted molar refractivity (Wildman–Crippen MR) is 98.5 cm³/mol. The van der Waals surface area contributed by atoms with Crippen LogP contribution in [0.5, 0.6) is 5.75 Å². The van der Waals surface area contributed by atoms with E-state index in [-0.39, 0.29) is 12.0 Å². The lowest BCUT2D eigenvalue weighted by molar-refractivity contribution is 0.0635. The lowest BCUT2D eigenvalue weighted by atomic mass is 10.1. The lowest BCUT2D eigenvalue weighted by Crippen LogP contribution is -2.25. The second kappa shape index (κ2) is 9.45. The fraction of sp³-hybridized carbons (Fsp3) is 0.316. The zero-order valence-electron chi connectivity index (χ0n) is 13.9. The summed E-state index contributed by atoms with van der Waals surface area (Å²) in [5.74, 6) is 0.528. The summed E-state index contributed by atoms with van der Waals surface area (Å²) in [4.78, 5) is 12.2. The van der Waals surface area contributed by atoms with Gasteiger partial charge in [0.1, 0.15) is 5.75 Å². The number of carbonyl (C=O) groups is 1. The number of carbonyl (C=O) groups excluding carboxylic acids is 1. The maximum Gasteiger partial charge on any atom is 0.252 e. The summed E-state index contributed by atoms with van der Waals surface area (Å²) in [6.07, 6.45) is 0.805. The summed E-state index contributed by atoms with van der Waals surface area (Å²) in [5.41, 5.74) is 1.72. The van der Waals surface area contributed by atoms with Crippen molar-refractivity contribution in [1.82, 2.24) is 5.32 Å². The fourth-order valence-corrected chi connectivity index (χ4v) is 2.68. The number of rotatable bonds is 8. The molecule has 0 bridgehead atoms. The molecule has 0 fully saturated rings. The van der Waals surface area contributed by atoms with Crippen molar-refractivity contribution in [2.75, 3.05) is 20.3 Å². The van der Waals surface area contributed by atoms with E-state index in [4.69, 9.17) is 9.47 Å². The van der Waals surface area contributed by atoms with Crippen LogP contribution in [0.3, 0.4) is 0 Å². The maximum absolute atomic E-state index is 12.2. The van der Waals surface area contributed by atoms with E-state index in [0.29, 0.717) is 24.5 Å². The Bertz CT molecular complexity index is 661. The number of hydrogen-bond acceptors (Lipinski definition) is 3. The van der Waals surface area contributed by atoms with E-state index in [1.807, 2.05) is 37.3 Å². The molecule has 0 aliphatic heterocycles. The molecule has 1 unspecified atom stereocenters. The van der Waals surface area contributed by atoms with Crippen LogP contribution in [-0.4, -0.2) is 26.2 Å². The van der Waals surface area contributed by atoms with E-state index in [2.05, 4.69) is 21.2 Å². The minimum Gasteiger partial charge on any atom is -0.497 e. The zero-order valence-corrected chi connectivity index (χ0v) is 15.5. The molecule has 0 aromatic heterocycles. The Morgan fingerprint density at radius 2 is 1.96 bits per heavy atom. The Hall–Kier alpha value is -1.85. The van der Waals surface area contributed by atoms with Crippen molar-refractivity contribution in [3.63, 3.8) is 0 Å². The summed E-state index contributed by atoms with van der Waals surface area (Å²) >= 11 is 3.39. The topological polar surface area (TPSA) is 47.6 Å². The highest BCUT2D eigenvalue weighted by Crippen LogP contribution is 2.22. The third-order valence-electron chi connectivity index (χ3n) is 3.66. The normalized spacial score (nSPS) is 11.8. The highest BCUT2D eigenvalue weighted by molar-refractivity contribution is 9.10. The Balaban J connectivity index is 1.73. The third-order valence-corrected chi connectivity index (χ3v) is 4.35. The van der Waals surface area contributed by atoms with Gasteiger partial charge < -0.3 is 14.8 Å². The molecule has 0 spiro atoms. The van der Waals surface area contributed by atoms with Crippen molar-refractivity contribution in [3.05, 3.63) is 64.1 Å². The second-order valence-corrected chi connectivity index (χ2v) is 6.23. The van der Waals surface area contributed by atoms with Gasteiger partial charge in [-0.05, 0) is 53.0 Å². The molecule has 5 heteroatoms. The van der Waals surface area contributed by atoms with Crippen LogP contribution in [-0.2, 0) is 4.74 Å². The molecule has 24 heavy (non-hydrogen) atoms. The van der Waals surface area contributed by atoms with E-state index < -0.39 is 0 Å². The second-order valence-electron chi connectivity index (χ2n) is 5.38. The highest BCUT2D eigenvalue weighted by atomic mass is 79.9. The molecule has 2 rings (SSSR count). The molecule has 4 nitrogen and oxygen atoms in total. The first-order valence-electron chi connectivity index (χ1n) is 7.90. The van der Waals surface area contributed by atoms with Gasteiger partial charge in [-0.3, -0.25) is 4.79 Å². The Kier molecular flexibility index (Phi) is 7.28. The molecule has 0 saturated heterocycles. The number of ether oxygens (including phenoxy) is 2. The van der Waals surface area contributed by atoms with Crippen LogP contribution in [0.4, 0.5) is 0 Å². The molecule has 1 N–H and O–H groups in total. The van der Waals surface area contributed by atoms with Crippen LogP contribution in [0.2, 0.25) is 0 Å². The van der Waals surface area contributed by atoms with Gasteiger partial charge in [0.15, 0.2) is 0 Å². The fourth-order valence-electron chi connectivity index (χ4n) is 2.26. The monoisotopic (exact) mass is 391 g/mol. The van der Waals surface area contributed by atoms with Gasteiger partial charge in [0.25, 0.3) is 5.91 Å². The molecule has 0 aliphatic rings. The smallest absolute Gasteiger partial charge is 0.252 e. The lowest BCUT2D eigenvalue weighted by Gasteiger charge is -2.13. The number of benzene rings is 2. The van der Waals surface area contributed by atoms with E-state index in [1.54, 1.807) is 25.3 Å². The third kappa shape index (κ3) is 5.35. The van der Waals surface area contributed by atoms with E-state index in [1.165, 1.54) is 0 Å². The standard InChI is InChI=1S/C19H22BrNO3/c1-14(15-7-4-3-5-8-15)24-12-6-11-21-19(22)17-13-16(23-2)9-10-18(17)20/h3-5,7-10,13-14H,6,11-12H2,1-2H3,(H,21,22). The first-order chi connectivity index (χ1) is 11.6. The Morgan fingerprint density at radius 1 is 1.21 bits per heavy atom. The van der Waals surface area contributed by atoms with Crippen molar-refractivity contribution < 1.29 is 14.3 Å². The average Bonchev–Trinajstić information content (AvgIpc) is 2.62. The molecule has 128 valence electrons. The van der Waals surface area contributed by atoms with Gasteiger partial charge in [-0.2, -0.15) is 0 Å². The van der Waals surface area contributed by atoms with Crippen LogP contribution < -0.4 is 10.1 Å². The van der Waals surface area contributed by atoms with Crippen molar-refractivity contribution in [2.45, 2.75) is 19.4 Å². The summed E-state index contributed by atoms with van der Waals surface area (Å²) < 4.78 is 11.7. The number of amides is 1. The van der Waals surface area contributed by atoms with Gasteiger partial charge >= 0.3 is 0 Å². The summed E-state index contributed by atoms with van der Waals surface area (Å²) in [7, 11) is 1.58. The van der Waals surface area contributed by atoms with Gasteiger partial charge in [-0.15, -0.1) is 0 Å². The molecule has 2 aromatic carbocycles. The molecule has 1 amide bonds. The number of halogens is 1. The summed E-state index contributed by atoms with van der Waals surface area (Å²) in [6, 6.07) is 15.4. The first-order valence-corrected chi connectivity index (χ1v) is 8.69. The molecule has 2 aromatic rings. The van der Waals surface area contributed by atoms with Crippen molar-refractivity contribution >= 4 is 21.8 Å². The van der Waals surface area contributed by atoms with E-state index in [0.717, 1.165) is 16.5 Å². The van der Waals surface area contributed by atoms with Crippen LogP contribution in [0.1, 0.15) is 35.4 Å². The van der Waals surface area contributed by atoms with Crippen molar-refractivity contribution in [1.29, 1.82) is 0 Å². The number of hydrogen-bond donors (Lipinski definition) is 1. The van der Waals surface area contributed by atoms with Crippen LogP contribution >= 0.6 is 15.9 Å². The predicted octanol–water partition coefficient (Wildman–Crippen LogP) is 4.36. The summed E-state index contributed by atoms with van der Waals surface area (Å²) in [5, 5.41) is 2.90. The summed E-state index contributed by atoms with van der Waals surface area (Å²) in [6.45, 7) is 3.18. The van der Waals surface area contributed by atoms with Gasteiger partial charge in [-0.25, -0.2) is 0 Å². The van der Waals surface area contributed by atoms with Gasteiger partial charge in [-0.1, -0.05) is 30.3 Å². The van der Waals surface area contributed by atoms with Crippen molar-refractivity contribution in [3.8, 4) is 5.75 Å². The Morgan fingerprint density at radius 3 is 2.67 bits per heavy atom. The van der Waals surface area contributed by atoms with E-state index in [9.17, 15) is 4.79 Å². The quantitative estimate of drug-likeness (QED) is 0.680.